The first-order valence-corrected chi connectivity index (χ1v) is 11.4. The lowest BCUT2D eigenvalue weighted by molar-refractivity contribution is -0.113. The molecule has 4 rings (SSSR count). The minimum absolute atomic E-state index is 0.207. The van der Waals surface area contributed by atoms with E-state index in [-0.39, 0.29) is 5.91 Å². The van der Waals surface area contributed by atoms with Crippen LogP contribution in [-0.2, 0) is 4.79 Å². The zero-order valence-electron chi connectivity index (χ0n) is 16.6. The molecule has 1 unspecified atom stereocenters. The molecule has 0 fully saturated rings. The van der Waals surface area contributed by atoms with E-state index in [0.29, 0.717) is 22.4 Å². The summed E-state index contributed by atoms with van der Waals surface area (Å²) in [6.45, 7) is 4.01. The van der Waals surface area contributed by atoms with Crippen molar-refractivity contribution in [2.45, 2.75) is 31.5 Å². The predicted molar refractivity (Wildman–Crippen MR) is 123 cm³/mol. The lowest BCUT2D eigenvalue weighted by atomic mass is 9.95. The van der Waals surface area contributed by atoms with Crippen molar-refractivity contribution in [1.29, 1.82) is 0 Å². The summed E-state index contributed by atoms with van der Waals surface area (Å²) in [6, 6.07) is 11.1. The second-order valence-corrected chi connectivity index (χ2v) is 8.81. The number of aromatic nitrogens is 4. The molecule has 154 valence electrons. The van der Waals surface area contributed by atoms with Gasteiger partial charge in [-0.2, -0.15) is 4.98 Å². The van der Waals surface area contributed by atoms with E-state index >= 15 is 0 Å². The molecule has 7 nitrogen and oxygen atoms in total. The third-order valence-corrected chi connectivity index (χ3v) is 6.13. The Morgan fingerprint density at radius 3 is 2.93 bits per heavy atom. The average molecular weight is 485 g/mol. The van der Waals surface area contributed by atoms with Crippen molar-refractivity contribution >= 4 is 45.2 Å². The fraction of sp³-hybridized carbons (Fsp3) is 0.238. The molecule has 0 radical (unpaired) electrons. The van der Waals surface area contributed by atoms with Gasteiger partial charge in [0.1, 0.15) is 6.04 Å². The third kappa shape index (κ3) is 4.27. The van der Waals surface area contributed by atoms with Crippen LogP contribution in [0.4, 0.5) is 11.6 Å². The molecule has 1 atom stereocenters. The van der Waals surface area contributed by atoms with E-state index in [4.69, 9.17) is 5.10 Å². The van der Waals surface area contributed by atoms with Gasteiger partial charge >= 0.3 is 0 Å². The molecule has 3 heterocycles. The van der Waals surface area contributed by atoms with E-state index in [1.54, 1.807) is 34.9 Å². The van der Waals surface area contributed by atoms with Gasteiger partial charge in [0.15, 0.2) is 0 Å². The molecule has 0 saturated carbocycles. The molecular formula is C21H21BrN6OS. The molecule has 1 amide bonds. The SMILES string of the molecule is CCCSc1nc2n(n1)C(c1cccc(Br)c1)C(C(=O)Nc1cccnc1)=C(C)N2. The number of nitrogens with one attached hydrogen (secondary N) is 2. The van der Waals surface area contributed by atoms with Crippen LogP contribution < -0.4 is 10.6 Å². The second kappa shape index (κ2) is 9.01. The van der Waals surface area contributed by atoms with Crippen molar-refractivity contribution < 1.29 is 4.79 Å². The van der Waals surface area contributed by atoms with Gasteiger partial charge in [-0.1, -0.05) is 46.7 Å². The van der Waals surface area contributed by atoms with E-state index in [2.05, 4.69) is 43.5 Å². The number of carbonyl (C=O) groups excluding carboxylic acids is 1. The summed E-state index contributed by atoms with van der Waals surface area (Å²) in [5.74, 6) is 1.36. The Kier molecular flexibility index (Phi) is 6.19. The van der Waals surface area contributed by atoms with E-state index in [1.165, 1.54) is 0 Å². The first kappa shape index (κ1) is 20.6. The van der Waals surface area contributed by atoms with E-state index in [1.807, 2.05) is 37.3 Å². The first-order chi connectivity index (χ1) is 14.6. The van der Waals surface area contributed by atoms with Gasteiger partial charge in [0.05, 0.1) is 17.5 Å². The maximum Gasteiger partial charge on any atom is 0.255 e. The van der Waals surface area contributed by atoms with Crippen LogP contribution in [-0.4, -0.2) is 31.4 Å². The smallest absolute Gasteiger partial charge is 0.255 e. The summed E-state index contributed by atoms with van der Waals surface area (Å²) in [5, 5.41) is 11.6. The largest absolute Gasteiger partial charge is 0.328 e. The van der Waals surface area contributed by atoms with Crippen molar-refractivity contribution in [2.24, 2.45) is 0 Å². The zero-order chi connectivity index (χ0) is 21.1. The highest BCUT2D eigenvalue weighted by atomic mass is 79.9. The van der Waals surface area contributed by atoms with Gasteiger partial charge < -0.3 is 10.6 Å². The predicted octanol–water partition coefficient (Wildman–Crippen LogP) is 4.87. The number of thioether (sulfide) groups is 1. The normalized spacial score (nSPS) is 15.5. The lowest BCUT2D eigenvalue weighted by Crippen LogP contribution is -2.31. The minimum atomic E-state index is -0.404. The summed E-state index contributed by atoms with van der Waals surface area (Å²) < 4.78 is 2.73. The summed E-state index contributed by atoms with van der Waals surface area (Å²) >= 11 is 5.15. The van der Waals surface area contributed by atoms with Crippen LogP contribution >= 0.6 is 27.7 Å². The number of carbonyl (C=O) groups is 1. The standard InChI is InChI=1S/C21H21BrN6OS/c1-3-10-30-21-26-20-24-13(2)17(19(29)25-16-8-5-9-23-12-16)18(28(20)27-21)14-6-4-7-15(22)11-14/h4-9,11-12,18H,3,10H2,1-2H3,(H,25,29)(H,24,26,27). The number of fused-ring (bicyclic) bond motifs is 1. The monoisotopic (exact) mass is 484 g/mol. The number of nitrogens with zero attached hydrogens (tertiary/aromatic N) is 4. The van der Waals surface area contributed by atoms with Crippen molar-refractivity contribution in [3.05, 3.63) is 70.1 Å². The fourth-order valence-corrected chi connectivity index (χ4v) is 4.40. The Balaban J connectivity index is 1.77. The zero-order valence-corrected chi connectivity index (χ0v) is 19.0. The highest BCUT2D eigenvalue weighted by molar-refractivity contribution is 9.10. The van der Waals surface area contributed by atoms with Crippen LogP contribution in [0.5, 0.6) is 0 Å². The first-order valence-electron chi connectivity index (χ1n) is 9.60. The van der Waals surface area contributed by atoms with Crippen LogP contribution in [0.25, 0.3) is 0 Å². The summed E-state index contributed by atoms with van der Waals surface area (Å²) in [6.07, 6.45) is 4.33. The molecule has 9 heteroatoms. The number of hydrogen-bond acceptors (Lipinski definition) is 6. The van der Waals surface area contributed by atoms with Gasteiger partial charge in [0, 0.05) is 22.1 Å². The highest BCUT2D eigenvalue weighted by Gasteiger charge is 2.34. The van der Waals surface area contributed by atoms with Gasteiger partial charge in [-0.05, 0) is 43.2 Å². The molecule has 1 aliphatic heterocycles. The summed E-state index contributed by atoms with van der Waals surface area (Å²) in [7, 11) is 0. The lowest BCUT2D eigenvalue weighted by Gasteiger charge is -2.28. The minimum Gasteiger partial charge on any atom is -0.328 e. The number of benzene rings is 1. The number of rotatable bonds is 6. The van der Waals surface area contributed by atoms with Crippen LogP contribution in [0, 0.1) is 0 Å². The van der Waals surface area contributed by atoms with E-state index < -0.39 is 6.04 Å². The number of anilines is 2. The quantitative estimate of drug-likeness (QED) is 0.485. The maximum atomic E-state index is 13.3. The number of hydrogen-bond donors (Lipinski definition) is 2. The van der Waals surface area contributed by atoms with Crippen molar-refractivity contribution in [1.82, 2.24) is 19.7 Å². The Hall–Kier alpha value is -2.65. The fourth-order valence-electron chi connectivity index (χ4n) is 3.30. The van der Waals surface area contributed by atoms with Gasteiger partial charge in [0.25, 0.3) is 5.91 Å². The molecular weight excluding hydrogens is 464 g/mol. The molecule has 0 spiro atoms. The van der Waals surface area contributed by atoms with Gasteiger partial charge in [-0.3, -0.25) is 9.78 Å². The number of pyridine rings is 1. The van der Waals surface area contributed by atoms with Crippen molar-refractivity contribution in [3.63, 3.8) is 0 Å². The number of amides is 1. The number of halogens is 1. The van der Waals surface area contributed by atoms with Gasteiger partial charge in [-0.15, -0.1) is 5.10 Å². The topological polar surface area (TPSA) is 84.7 Å². The second-order valence-electron chi connectivity index (χ2n) is 6.83. The van der Waals surface area contributed by atoms with Crippen LogP contribution in [0.1, 0.15) is 31.9 Å². The molecule has 1 aromatic carbocycles. The Labute approximate surface area is 187 Å². The van der Waals surface area contributed by atoms with Crippen molar-refractivity contribution in [2.75, 3.05) is 16.4 Å². The molecule has 0 aliphatic carbocycles. The van der Waals surface area contributed by atoms with E-state index in [0.717, 1.165) is 27.9 Å². The summed E-state index contributed by atoms with van der Waals surface area (Å²) in [4.78, 5) is 22.0. The molecule has 2 N–H and O–H groups in total. The summed E-state index contributed by atoms with van der Waals surface area (Å²) in [5.41, 5.74) is 2.91. The average Bonchev–Trinajstić information content (AvgIpc) is 3.14. The van der Waals surface area contributed by atoms with Crippen LogP contribution in [0.3, 0.4) is 0 Å². The Bertz CT molecular complexity index is 1100. The molecule has 0 saturated heterocycles. The Morgan fingerprint density at radius 2 is 2.20 bits per heavy atom. The van der Waals surface area contributed by atoms with Gasteiger partial charge in [0.2, 0.25) is 11.1 Å². The van der Waals surface area contributed by atoms with Gasteiger partial charge in [-0.25, -0.2) is 4.68 Å². The van der Waals surface area contributed by atoms with Crippen molar-refractivity contribution in [3.8, 4) is 0 Å². The third-order valence-electron chi connectivity index (χ3n) is 4.60. The highest BCUT2D eigenvalue weighted by Crippen LogP contribution is 2.37. The maximum absolute atomic E-state index is 13.3. The Morgan fingerprint density at radius 1 is 1.33 bits per heavy atom. The molecule has 2 aromatic heterocycles. The molecule has 0 bridgehead atoms. The molecule has 30 heavy (non-hydrogen) atoms. The molecule has 3 aromatic rings. The van der Waals surface area contributed by atoms with Crippen LogP contribution in [0.15, 0.2) is 69.7 Å². The number of allylic oxidation sites excluding steroid dienone is 1. The van der Waals surface area contributed by atoms with E-state index in [9.17, 15) is 4.79 Å². The molecule has 1 aliphatic rings. The van der Waals surface area contributed by atoms with Crippen LogP contribution in [0.2, 0.25) is 0 Å².